The normalized spacial score (nSPS) is 11.9. The molecule has 0 aromatic heterocycles. The Kier molecular flexibility index (Phi) is 49.7. The van der Waals surface area contributed by atoms with E-state index in [1.54, 1.807) is 0 Å². The lowest BCUT2D eigenvalue weighted by atomic mass is 9.91. The highest BCUT2D eigenvalue weighted by Crippen LogP contribution is 2.21. The molecule has 1 N–H and O–H groups in total. The largest absolute Gasteiger partial charge is 0.465 e. The van der Waals surface area contributed by atoms with Crippen LogP contribution in [0.15, 0.2) is 0 Å². The molecule has 0 rings (SSSR count). The van der Waals surface area contributed by atoms with Gasteiger partial charge in [-0.3, -0.25) is 4.79 Å². The fourth-order valence-electron chi connectivity index (χ4n) is 4.95. The van der Waals surface area contributed by atoms with E-state index in [4.69, 9.17) is 66.7 Å². The minimum absolute atomic E-state index is 0.143. The van der Waals surface area contributed by atoms with Gasteiger partial charge in [0.25, 0.3) is 0 Å². The molecule has 0 fully saturated rings. The molecule has 0 heterocycles. The number of hydrogen-bond donors (Lipinski definition) is 1. The summed E-state index contributed by atoms with van der Waals surface area (Å²) in [5.41, 5.74) is -0.418. The maximum Gasteiger partial charge on any atom is 0.311 e. The quantitative estimate of drug-likeness (QED) is 0.0542. The van der Waals surface area contributed by atoms with Crippen LogP contribution in [0.3, 0.4) is 0 Å². The summed E-state index contributed by atoms with van der Waals surface area (Å²) in [7, 11) is 0. The Morgan fingerprint density at radius 3 is 0.650 bits per heavy atom. The van der Waals surface area contributed by atoms with E-state index in [-0.39, 0.29) is 12.6 Å². The van der Waals surface area contributed by atoms with Crippen molar-refractivity contribution in [3.63, 3.8) is 0 Å². The van der Waals surface area contributed by atoms with Gasteiger partial charge in [0.1, 0.15) is 0 Å². The Hall–Kier alpha value is -1.05. The summed E-state index contributed by atoms with van der Waals surface area (Å²) in [6.45, 7) is 22.8. The molecule has 0 aromatic carbocycles. The summed E-state index contributed by atoms with van der Waals surface area (Å²) in [6, 6.07) is 0. The van der Waals surface area contributed by atoms with Crippen LogP contribution in [-0.4, -0.2) is 183 Å². The van der Waals surface area contributed by atoms with E-state index in [1.807, 2.05) is 20.8 Å². The molecule has 0 amide bonds. The zero-order chi connectivity index (χ0) is 43.6. The third kappa shape index (κ3) is 48.0. The van der Waals surface area contributed by atoms with E-state index in [9.17, 15) is 4.79 Å². The van der Waals surface area contributed by atoms with Crippen LogP contribution < -0.4 is 0 Å². The predicted octanol–water partition coefficient (Wildman–Crippen LogP) is 6.23. The van der Waals surface area contributed by atoms with Crippen molar-refractivity contribution < 1.29 is 71.5 Å². The van der Waals surface area contributed by atoms with Gasteiger partial charge in [0.15, 0.2) is 0 Å². The first-order valence-corrected chi connectivity index (χ1v) is 23.3. The zero-order valence-corrected chi connectivity index (χ0v) is 38.4. The van der Waals surface area contributed by atoms with E-state index in [0.29, 0.717) is 178 Å². The molecule has 0 spiro atoms. The molecule has 0 saturated heterocycles. The van der Waals surface area contributed by atoms with Crippen molar-refractivity contribution >= 4 is 5.97 Å². The lowest BCUT2D eigenvalue weighted by molar-refractivity contribution is -0.154. The van der Waals surface area contributed by atoms with Gasteiger partial charge in [-0.25, -0.2) is 0 Å². The topological polar surface area (TPSA) is 157 Å². The van der Waals surface area contributed by atoms with Gasteiger partial charge in [0.2, 0.25) is 0 Å². The van der Waals surface area contributed by atoms with Crippen LogP contribution in [0.4, 0.5) is 0 Å². The number of aliphatic hydroxyl groups is 1. The summed E-state index contributed by atoms with van der Waals surface area (Å²) in [5, 5.41) is 8.69. The van der Waals surface area contributed by atoms with Gasteiger partial charge in [-0.1, -0.05) is 6.92 Å². The van der Waals surface area contributed by atoms with Crippen LogP contribution >= 0.6 is 0 Å². The van der Waals surface area contributed by atoms with Crippen LogP contribution in [0.25, 0.3) is 0 Å². The van der Waals surface area contributed by atoms with Gasteiger partial charge in [0.05, 0.1) is 12.0 Å². The molecule has 15 heteroatoms. The van der Waals surface area contributed by atoms with Gasteiger partial charge in [-0.05, 0) is 97.3 Å². The highest BCUT2D eigenvalue weighted by Gasteiger charge is 2.26. The molecule has 0 bridgehead atoms. The Labute approximate surface area is 364 Å². The van der Waals surface area contributed by atoms with Crippen molar-refractivity contribution in [3.05, 3.63) is 0 Å². The average Bonchev–Trinajstić information content (AvgIpc) is 3.25. The number of ether oxygens (including phenoxy) is 13. The van der Waals surface area contributed by atoms with Crippen LogP contribution in [0.2, 0.25) is 0 Å². The smallest absolute Gasteiger partial charge is 0.311 e. The molecule has 360 valence electrons. The Balaban J connectivity index is 3.10. The first kappa shape index (κ1) is 58.9. The molecule has 0 radical (unpaired) electrons. The lowest BCUT2D eigenvalue weighted by Crippen LogP contribution is -2.26. The second kappa shape index (κ2) is 50.6. The van der Waals surface area contributed by atoms with Crippen LogP contribution in [0, 0.1) is 5.41 Å². The van der Waals surface area contributed by atoms with Crippen LogP contribution in [0.1, 0.15) is 111 Å². The minimum Gasteiger partial charge on any atom is -0.465 e. The van der Waals surface area contributed by atoms with Gasteiger partial charge >= 0.3 is 5.97 Å². The molecule has 0 aliphatic carbocycles. The monoisotopic (exact) mass is 871 g/mol. The zero-order valence-electron chi connectivity index (χ0n) is 38.4. The third-order valence-corrected chi connectivity index (χ3v) is 8.90. The first-order valence-electron chi connectivity index (χ1n) is 23.3. The van der Waals surface area contributed by atoms with E-state index in [2.05, 4.69) is 0 Å². The molecule has 0 atom stereocenters. The standard InChI is InChI=1S/C45H90O15/c1-4-45(2,3)44(47)60-43-17-42-59-41-16-40-58-39-15-38-57-37-14-36-56-35-13-34-55-33-12-32-54-31-11-30-53-29-10-28-52-27-9-26-51-25-8-24-50-23-7-22-49-21-6-20-48-19-5-18-46/h46H,4-43H2,1-3H3. The van der Waals surface area contributed by atoms with E-state index in [0.717, 1.165) is 77.0 Å². The predicted molar refractivity (Wildman–Crippen MR) is 232 cm³/mol. The first-order chi connectivity index (χ1) is 29.5. The highest BCUT2D eigenvalue weighted by molar-refractivity contribution is 5.75. The van der Waals surface area contributed by atoms with Gasteiger partial charge in [-0.15, -0.1) is 0 Å². The molecule has 0 aliphatic rings. The van der Waals surface area contributed by atoms with E-state index >= 15 is 0 Å². The van der Waals surface area contributed by atoms with E-state index in [1.165, 1.54) is 0 Å². The number of aliphatic hydroxyl groups excluding tert-OH is 1. The Bertz CT molecular complexity index is 824. The molecule has 15 nitrogen and oxygen atoms in total. The second-order valence-corrected chi connectivity index (χ2v) is 15.0. The maximum atomic E-state index is 11.9. The Morgan fingerprint density at radius 2 is 0.483 bits per heavy atom. The number of esters is 1. The van der Waals surface area contributed by atoms with Gasteiger partial charge in [-0.2, -0.15) is 0 Å². The molecule has 60 heavy (non-hydrogen) atoms. The van der Waals surface area contributed by atoms with E-state index < -0.39 is 5.41 Å². The molecular weight excluding hydrogens is 780 g/mol. The van der Waals surface area contributed by atoms with Crippen molar-refractivity contribution in [2.75, 3.05) is 172 Å². The van der Waals surface area contributed by atoms with Crippen molar-refractivity contribution in [1.82, 2.24) is 0 Å². The fraction of sp³-hybridized carbons (Fsp3) is 0.978. The fourth-order valence-corrected chi connectivity index (χ4v) is 4.95. The number of carbonyl (C=O) groups excluding carboxylic acids is 1. The molecule has 0 aliphatic heterocycles. The summed E-state index contributed by atoms with van der Waals surface area (Å²) in [6.07, 6.45) is 11.9. The van der Waals surface area contributed by atoms with Gasteiger partial charge in [0, 0.05) is 172 Å². The number of rotatable bonds is 53. The average molecular weight is 871 g/mol. The van der Waals surface area contributed by atoms with Crippen molar-refractivity contribution in [2.45, 2.75) is 111 Å². The summed E-state index contributed by atoms with van der Waals surface area (Å²) < 4.78 is 72.7. The maximum absolute atomic E-state index is 11.9. The van der Waals surface area contributed by atoms with Crippen LogP contribution in [-0.2, 0) is 66.4 Å². The number of carbonyl (C=O) groups is 1. The lowest BCUT2D eigenvalue weighted by Gasteiger charge is -2.20. The highest BCUT2D eigenvalue weighted by atomic mass is 16.5. The van der Waals surface area contributed by atoms with Crippen LogP contribution in [0.5, 0.6) is 0 Å². The third-order valence-electron chi connectivity index (χ3n) is 8.90. The van der Waals surface area contributed by atoms with Crippen molar-refractivity contribution in [3.8, 4) is 0 Å². The molecule has 0 unspecified atom stereocenters. The molecule has 0 aromatic rings. The summed E-state index contributed by atoms with van der Waals surface area (Å²) in [5.74, 6) is -0.143. The SMILES string of the molecule is CCC(C)(C)C(=O)OCCCOCCCOCCCOCCCOCCCOCCCOCCCOCCCOCCCOCCCOCCCOCCCOCCCO. The van der Waals surface area contributed by atoms with Crippen molar-refractivity contribution in [2.24, 2.45) is 5.41 Å². The minimum atomic E-state index is -0.418. The second-order valence-electron chi connectivity index (χ2n) is 15.0. The van der Waals surface area contributed by atoms with Gasteiger partial charge < -0.3 is 66.7 Å². The summed E-state index contributed by atoms with van der Waals surface area (Å²) >= 11 is 0. The molecule has 0 saturated carbocycles. The molecular formula is C45H90O15. The van der Waals surface area contributed by atoms with Crippen molar-refractivity contribution in [1.29, 1.82) is 0 Å². The summed E-state index contributed by atoms with van der Waals surface area (Å²) in [4.78, 5) is 11.9. The Morgan fingerprint density at radius 1 is 0.317 bits per heavy atom. The number of hydrogen-bond acceptors (Lipinski definition) is 15.